The topological polar surface area (TPSA) is 48.1 Å². The Labute approximate surface area is 90.2 Å². The van der Waals surface area contributed by atoms with E-state index in [1.165, 1.54) is 0 Å². The fourth-order valence-electron chi connectivity index (χ4n) is 1.08. The van der Waals surface area contributed by atoms with Crippen LogP contribution >= 0.6 is 0 Å². The lowest BCUT2D eigenvalue weighted by molar-refractivity contribution is -0.139. The maximum atomic E-state index is 11.4. The molecule has 1 rings (SSSR count). The minimum atomic E-state index is -0.247. The summed E-state index contributed by atoms with van der Waals surface area (Å²) in [5.74, 6) is -0.247. The number of carbonyl (C=O) groups is 1. The third kappa shape index (κ3) is 5.54. The van der Waals surface area contributed by atoms with E-state index in [1.54, 1.807) is 14.0 Å². The minimum Gasteiger partial charge on any atom is -0.459 e. The smallest absolute Gasteiger partial charge is 0.333 e. The summed E-state index contributed by atoms with van der Waals surface area (Å²) >= 11 is 0. The first-order chi connectivity index (χ1) is 7.24. The van der Waals surface area contributed by atoms with E-state index < -0.39 is 0 Å². The Hall–Kier alpha value is -0.870. The fourth-order valence-corrected chi connectivity index (χ4v) is 1.08. The van der Waals surface area contributed by atoms with Crippen LogP contribution < -0.4 is 0 Å². The van der Waals surface area contributed by atoms with Gasteiger partial charge in [-0.3, -0.25) is 0 Å². The standard InChI is InChI=1S/C11H18O4/c1-9(5-3-4-6-13-2)11(12)15-8-10-7-14-10/h5,10H,3-4,6-8H2,1-2H3. The summed E-state index contributed by atoms with van der Waals surface area (Å²) in [7, 11) is 1.67. The molecule has 0 bridgehead atoms. The van der Waals surface area contributed by atoms with Gasteiger partial charge in [-0.2, -0.15) is 0 Å². The highest BCUT2D eigenvalue weighted by Crippen LogP contribution is 2.10. The van der Waals surface area contributed by atoms with Gasteiger partial charge >= 0.3 is 5.97 Å². The summed E-state index contributed by atoms with van der Waals surface area (Å²) < 4.78 is 14.9. The molecule has 1 aliphatic heterocycles. The molecule has 0 aromatic heterocycles. The number of rotatable bonds is 7. The highest BCUT2D eigenvalue weighted by atomic mass is 16.6. The lowest BCUT2D eigenvalue weighted by Crippen LogP contribution is -2.10. The van der Waals surface area contributed by atoms with Gasteiger partial charge in [0.05, 0.1) is 6.61 Å². The van der Waals surface area contributed by atoms with Gasteiger partial charge in [-0.05, 0) is 19.8 Å². The first kappa shape index (κ1) is 12.2. The molecule has 4 nitrogen and oxygen atoms in total. The van der Waals surface area contributed by atoms with Gasteiger partial charge in [-0.1, -0.05) is 6.08 Å². The number of unbranched alkanes of at least 4 members (excludes halogenated alkanes) is 1. The first-order valence-electron chi connectivity index (χ1n) is 5.18. The molecule has 0 aromatic carbocycles. The number of hydrogen-bond donors (Lipinski definition) is 0. The molecule has 1 atom stereocenters. The van der Waals surface area contributed by atoms with Crippen molar-refractivity contribution in [3.05, 3.63) is 11.6 Å². The molecule has 0 aliphatic carbocycles. The monoisotopic (exact) mass is 214 g/mol. The van der Waals surface area contributed by atoms with Gasteiger partial charge in [0.1, 0.15) is 12.7 Å². The molecule has 15 heavy (non-hydrogen) atoms. The zero-order valence-electron chi connectivity index (χ0n) is 9.32. The van der Waals surface area contributed by atoms with Gasteiger partial charge in [-0.25, -0.2) is 4.79 Å². The number of methoxy groups -OCH3 is 1. The summed E-state index contributed by atoms with van der Waals surface area (Å²) in [5, 5.41) is 0. The number of allylic oxidation sites excluding steroid dienone is 1. The number of hydrogen-bond acceptors (Lipinski definition) is 4. The Kier molecular flexibility index (Phi) is 5.36. The molecular formula is C11H18O4. The van der Waals surface area contributed by atoms with Gasteiger partial charge < -0.3 is 14.2 Å². The Morgan fingerprint density at radius 1 is 1.60 bits per heavy atom. The Bertz CT molecular complexity index is 231. The van der Waals surface area contributed by atoms with Gasteiger partial charge in [0, 0.05) is 19.3 Å². The molecular weight excluding hydrogens is 196 g/mol. The molecule has 86 valence electrons. The van der Waals surface area contributed by atoms with Crippen LogP contribution in [0.1, 0.15) is 19.8 Å². The van der Waals surface area contributed by atoms with Gasteiger partial charge in [0.25, 0.3) is 0 Å². The number of carbonyl (C=O) groups excluding carboxylic acids is 1. The average Bonchev–Trinajstić information content (AvgIpc) is 3.04. The van der Waals surface area contributed by atoms with E-state index in [9.17, 15) is 4.79 Å². The van der Waals surface area contributed by atoms with Crippen molar-refractivity contribution in [2.24, 2.45) is 0 Å². The normalized spacial score (nSPS) is 20.1. The van der Waals surface area contributed by atoms with Gasteiger partial charge in [0.15, 0.2) is 0 Å². The molecule has 0 amide bonds. The number of epoxide rings is 1. The second-order valence-corrected chi connectivity index (χ2v) is 3.58. The summed E-state index contributed by atoms with van der Waals surface area (Å²) in [6.45, 7) is 3.57. The molecule has 1 heterocycles. The van der Waals surface area contributed by atoms with Crippen molar-refractivity contribution < 1.29 is 19.0 Å². The van der Waals surface area contributed by atoms with E-state index >= 15 is 0 Å². The fraction of sp³-hybridized carbons (Fsp3) is 0.727. The van der Waals surface area contributed by atoms with E-state index in [0.717, 1.165) is 19.4 Å². The van der Waals surface area contributed by atoms with E-state index in [1.807, 2.05) is 6.08 Å². The van der Waals surface area contributed by atoms with E-state index in [-0.39, 0.29) is 12.1 Å². The van der Waals surface area contributed by atoms with Crippen molar-refractivity contribution in [1.82, 2.24) is 0 Å². The quantitative estimate of drug-likeness (QED) is 0.277. The summed E-state index contributed by atoms with van der Waals surface area (Å²) in [6, 6.07) is 0. The molecule has 1 aliphatic rings. The van der Waals surface area contributed by atoms with Crippen LogP contribution in [-0.2, 0) is 19.0 Å². The number of ether oxygens (including phenoxy) is 3. The largest absolute Gasteiger partial charge is 0.459 e. The minimum absolute atomic E-state index is 0.134. The van der Waals surface area contributed by atoms with Crippen LogP contribution in [0.2, 0.25) is 0 Å². The molecule has 0 N–H and O–H groups in total. The maximum Gasteiger partial charge on any atom is 0.333 e. The zero-order chi connectivity index (χ0) is 11.1. The van der Waals surface area contributed by atoms with Crippen LogP contribution in [0.15, 0.2) is 11.6 Å². The van der Waals surface area contributed by atoms with E-state index in [0.29, 0.717) is 18.8 Å². The molecule has 0 aromatic rings. The molecule has 1 fully saturated rings. The second kappa shape index (κ2) is 6.58. The SMILES string of the molecule is COCCCC=C(C)C(=O)OCC1CO1. The Morgan fingerprint density at radius 2 is 2.33 bits per heavy atom. The van der Waals surface area contributed by atoms with Crippen LogP contribution in [0.3, 0.4) is 0 Å². The summed E-state index contributed by atoms with van der Waals surface area (Å²) in [4.78, 5) is 11.4. The van der Waals surface area contributed by atoms with E-state index in [2.05, 4.69) is 0 Å². The van der Waals surface area contributed by atoms with Crippen molar-refractivity contribution in [1.29, 1.82) is 0 Å². The van der Waals surface area contributed by atoms with Crippen LogP contribution in [0.5, 0.6) is 0 Å². The second-order valence-electron chi connectivity index (χ2n) is 3.58. The van der Waals surface area contributed by atoms with Gasteiger partial charge in [0.2, 0.25) is 0 Å². The summed E-state index contributed by atoms with van der Waals surface area (Å²) in [6.07, 6.45) is 3.78. The van der Waals surface area contributed by atoms with E-state index in [4.69, 9.17) is 14.2 Å². The van der Waals surface area contributed by atoms with Crippen molar-refractivity contribution in [3.8, 4) is 0 Å². The highest BCUT2D eigenvalue weighted by Gasteiger charge is 2.24. The predicted octanol–water partition coefficient (Wildman–Crippen LogP) is 1.30. The lowest BCUT2D eigenvalue weighted by Gasteiger charge is -2.02. The lowest BCUT2D eigenvalue weighted by atomic mass is 10.2. The van der Waals surface area contributed by atoms with Crippen LogP contribution in [-0.4, -0.2) is 39.0 Å². The third-order valence-corrected chi connectivity index (χ3v) is 2.13. The maximum absolute atomic E-state index is 11.4. The molecule has 0 spiro atoms. The Morgan fingerprint density at radius 3 is 2.93 bits per heavy atom. The first-order valence-corrected chi connectivity index (χ1v) is 5.18. The molecule has 0 saturated carbocycles. The third-order valence-electron chi connectivity index (χ3n) is 2.13. The highest BCUT2D eigenvalue weighted by molar-refractivity contribution is 5.87. The summed E-state index contributed by atoms with van der Waals surface area (Å²) in [5.41, 5.74) is 0.659. The average molecular weight is 214 g/mol. The van der Waals surface area contributed by atoms with Crippen LogP contribution in [0, 0.1) is 0 Å². The molecule has 1 unspecified atom stereocenters. The van der Waals surface area contributed by atoms with Gasteiger partial charge in [-0.15, -0.1) is 0 Å². The van der Waals surface area contributed by atoms with Crippen LogP contribution in [0.4, 0.5) is 0 Å². The van der Waals surface area contributed by atoms with Crippen LogP contribution in [0.25, 0.3) is 0 Å². The predicted molar refractivity (Wildman–Crippen MR) is 55.6 cm³/mol. The molecule has 0 radical (unpaired) electrons. The number of esters is 1. The van der Waals surface area contributed by atoms with Crippen molar-refractivity contribution >= 4 is 5.97 Å². The zero-order valence-corrected chi connectivity index (χ0v) is 9.32. The molecule has 4 heteroatoms. The van der Waals surface area contributed by atoms with Crippen molar-refractivity contribution in [2.75, 3.05) is 26.9 Å². The van der Waals surface area contributed by atoms with Crippen molar-refractivity contribution in [2.45, 2.75) is 25.9 Å². The Balaban J connectivity index is 2.11. The molecule has 1 saturated heterocycles. The van der Waals surface area contributed by atoms with Crippen molar-refractivity contribution in [3.63, 3.8) is 0 Å².